The van der Waals surface area contributed by atoms with E-state index in [2.05, 4.69) is 15.8 Å². The third-order valence-electron chi connectivity index (χ3n) is 5.31. The quantitative estimate of drug-likeness (QED) is 0.606. The number of pyridine rings is 1. The monoisotopic (exact) mass is 448 g/mol. The van der Waals surface area contributed by atoms with E-state index in [1.807, 2.05) is 32.9 Å². The molecule has 4 rings (SSSR count). The van der Waals surface area contributed by atoms with Crippen molar-refractivity contribution in [2.24, 2.45) is 10.7 Å². The van der Waals surface area contributed by atoms with E-state index in [9.17, 15) is 4.21 Å². The molecule has 9 heteroatoms. The molecule has 2 N–H and O–H groups in total. The average Bonchev–Trinajstić information content (AvgIpc) is 3.30. The maximum atomic E-state index is 13.3. The second-order valence-electron chi connectivity index (χ2n) is 7.82. The zero-order chi connectivity index (χ0) is 21.0. The van der Waals surface area contributed by atoms with Gasteiger partial charge in [0.2, 0.25) is 5.89 Å². The largest absolute Gasteiger partial charge is 0.444 e. The molecular weight excluding hydrogens is 428 g/mol. The third kappa shape index (κ3) is 3.29. The lowest BCUT2D eigenvalue weighted by Crippen LogP contribution is -2.54. The molecule has 0 radical (unpaired) electrons. The third-order valence-corrected chi connectivity index (χ3v) is 10.3. The lowest BCUT2D eigenvalue weighted by atomic mass is 10.0. The molecule has 3 aromatic heterocycles. The molecule has 3 aromatic rings. The Morgan fingerprint density at radius 3 is 2.66 bits per heavy atom. The number of amidine groups is 1. The number of hydrogen-bond donors (Lipinski definition) is 1. The number of halogens is 1. The fourth-order valence-corrected chi connectivity index (χ4v) is 6.92. The zero-order valence-corrected chi connectivity index (χ0v) is 18.7. The molecule has 152 valence electrons. The van der Waals surface area contributed by atoms with Crippen LogP contribution in [-0.4, -0.2) is 36.4 Å². The van der Waals surface area contributed by atoms with E-state index >= 15 is 0 Å². The molecule has 1 aliphatic heterocycles. The number of hydrogen-bond acceptors (Lipinski definition) is 7. The lowest BCUT2D eigenvalue weighted by Gasteiger charge is -2.40. The van der Waals surface area contributed by atoms with E-state index in [-0.39, 0.29) is 5.75 Å². The summed E-state index contributed by atoms with van der Waals surface area (Å²) in [6.07, 6.45) is 6.56. The highest BCUT2D eigenvalue weighted by molar-refractivity contribution is 8.02. The molecule has 1 unspecified atom stereocenters. The standard InChI is InChI=1S/C20H21ClN4O2S2/c1-19(2)18(22)25-20(3,11-29(19,4)26)16-14(21)8-15(28-16)12-7-13(10-23-9-12)17-24-5-6-27-17/h5-10H,4,11H2,1-3H3,(H2,22,25)/t20-,29?/m0/s1. The van der Waals surface area contributed by atoms with Crippen molar-refractivity contribution in [1.29, 1.82) is 0 Å². The minimum absolute atomic E-state index is 0.280. The maximum Gasteiger partial charge on any atom is 0.227 e. The number of aliphatic imine (C=N–C) groups is 1. The molecule has 0 saturated heterocycles. The predicted molar refractivity (Wildman–Crippen MR) is 121 cm³/mol. The van der Waals surface area contributed by atoms with E-state index in [0.717, 1.165) is 20.9 Å². The van der Waals surface area contributed by atoms with Gasteiger partial charge in [0.25, 0.3) is 0 Å². The Hall–Kier alpha value is -2.16. The molecule has 1 aliphatic rings. The van der Waals surface area contributed by atoms with E-state index in [4.69, 9.17) is 26.7 Å². The fourth-order valence-electron chi connectivity index (χ4n) is 3.31. The maximum absolute atomic E-state index is 13.3. The van der Waals surface area contributed by atoms with Crippen LogP contribution in [-0.2, 0) is 15.1 Å². The molecule has 0 bridgehead atoms. The predicted octanol–water partition coefficient (Wildman–Crippen LogP) is 4.20. The van der Waals surface area contributed by atoms with Crippen LogP contribution in [0.5, 0.6) is 0 Å². The molecule has 0 aliphatic carbocycles. The topological polar surface area (TPSA) is 94.4 Å². The summed E-state index contributed by atoms with van der Waals surface area (Å²) in [7, 11) is -2.52. The molecule has 29 heavy (non-hydrogen) atoms. The van der Waals surface area contributed by atoms with Gasteiger partial charge in [0.05, 0.1) is 26.4 Å². The van der Waals surface area contributed by atoms with E-state index in [1.165, 1.54) is 17.6 Å². The summed E-state index contributed by atoms with van der Waals surface area (Å²) in [4.78, 5) is 14.9. The molecule has 0 spiro atoms. The number of nitrogens with two attached hydrogens (primary N) is 1. The van der Waals surface area contributed by atoms with Crippen LogP contribution in [0.4, 0.5) is 0 Å². The van der Waals surface area contributed by atoms with Crippen molar-refractivity contribution in [3.8, 4) is 21.9 Å². The van der Waals surface area contributed by atoms with Gasteiger partial charge in [-0.3, -0.25) is 14.2 Å². The van der Waals surface area contributed by atoms with Gasteiger partial charge < -0.3 is 10.2 Å². The Morgan fingerprint density at radius 1 is 1.28 bits per heavy atom. The SMILES string of the molecule is C=S1(=O)C[C@@](C)(c2sc(-c3cncc(-c4ncco4)c3)cc2Cl)N=C(N)C1(C)C. The summed E-state index contributed by atoms with van der Waals surface area (Å²) in [5, 5.41) is 0.556. The van der Waals surface area contributed by atoms with Crippen LogP contribution in [0.1, 0.15) is 25.6 Å². The highest BCUT2D eigenvalue weighted by Gasteiger charge is 2.46. The van der Waals surface area contributed by atoms with Crippen molar-refractivity contribution in [3.05, 3.63) is 46.9 Å². The second kappa shape index (κ2) is 6.68. The van der Waals surface area contributed by atoms with Crippen molar-refractivity contribution < 1.29 is 8.63 Å². The summed E-state index contributed by atoms with van der Waals surface area (Å²) < 4.78 is 17.9. The van der Waals surface area contributed by atoms with Gasteiger partial charge in [0.15, 0.2) is 0 Å². The minimum atomic E-state index is -2.52. The van der Waals surface area contributed by atoms with Gasteiger partial charge in [-0.1, -0.05) is 11.6 Å². The normalized spacial score (nSPS) is 26.3. The van der Waals surface area contributed by atoms with Gasteiger partial charge in [-0.2, -0.15) is 0 Å². The van der Waals surface area contributed by atoms with E-state index in [0.29, 0.717) is 16.7 Å². The summed E-state index contributed by atoms with van der Waals surface area (Å²) in [6.45, 7) is 5.55. The Bertz CT molecular complexity index is 1210. The summed E-state index contributed by atoms with van der Waals surface area (Å²) in [5.74, 6) is 5.11. The molecule has 0 aromatic carbocycles. The first-order chi connectivity index (χ1) is 13.5. The molecular formula is C20H21ClN4O2S2. The average molecular weight is 449 g/mol. The van der Waals surface area contributed by atoms with Crippen molar-refractivity contribution in [1.82, 2.24) is 9.97 Å². The van der Waals surface area contributed by atoms with Gasteiger partial charge in [-0.15, -0.1) is 11.3 Å². The number of oxazole rings is 1. The number of thiophene rings is 1. The van der Waals surface area contributed by atoms with Gasteiger partial charge in [0.1, 0.15) is 17.6 Å². The van der Waals surface area contributed by atoms with Crippen molar-refractivity contribution >= 4 is 44.2 Å². The van der Waals surface area contributed by atoms with Crippen molar-refractivity contribution in [2.75, 3.05) is 5.75 Å². The smallest absolute Gasteiger partial charge is 0.227 e. The first-order valence-electron chi connectivity index (χ1n) is 8.89. The second-order valence-corrected chi connectivity index (χ2v) is 12.2. The molecule has 4 heterocycles. The first kappa shape index (κ1) is 20.1. The van der Waals surface area contributed by atoms with Crippen LogP contribution in [0.15, 0.2) is 46.4 Å². The number of nitrogens with zero attached hydrogens (tertiary/aromatic N) is 3. The molecule has 6 nitrogen and oxygen atoms in total. The van der Waals surface area contributed by atoms with E-state index in [1.54, 1.807) is 18.6 Å². The van der Waals surface area contributed by atoms with Crippen LogP contribution in [0.25, 0.3) is 21.9 Å². The Morgan fingerprint density at radius 2 is 2.00 bits per heavy atom. The Labute approximate surface area is 178 Å². The lowest BCUT2D eigenvalue weighted by molar-refractivity contribution is 0.543. The van der Waals surface area contributed by atoms with Crippen LogP contribution < -0.4 is 5.73 Å². The first-order valence-corrected chi connectivity index (χ1v) is 12.0. The summed E-state index contributed by atoms with van der Waals surface area (Å²) in [6, 6.07) is 3.82. The van der Waals surface area contributed by atoms with Gasteiger partial charge in [0, 0.05) is 28.6 Å². The fraction of sp³-hybridized carbons (Fsp3) is 0.300. The molecule has 2 atom stereocenters. The van der Waals surface area contributed by atoms with Gasteiger partial charge >= 0.3 is 0 Å². The van der Waals surface area contributed by atoms with Crippen molar-refractivity contribution in [2.45, 2.75) is 31.1 Å². The van der Waals surface area contributed by atoms with Crippen LogP contribution >= 0.6 is 22.9 Å². The summed E-state index contributed by atoms with van der Waals surface area (Å²) in [5.41, 5.74) is 7.06. The zero-order valence-electron chi connectivity index (χ0n) is 16.3. The minimum Gasteiger partial charge on any atom is -0.444 e. The van der Waals surface area contributed by atoms with Gasteiger partial charge in [-0.05, 0) is 48.3 Å². The van der Waals surface area contributed by atoms with E-state index < -0.39 is 19.8 Å². The number of rotatable bonds is 3. The number of aromatic nitrogens is 2. The molecule has 0 fully saturated rings. The van der Waals surface area contributed by atoms with Crippen molar-refractivity contribution in [3.63, 3.8) is 0 Å². The molecule has 0 saturated carbocycles. The summed E-state index contributed by atoms with van der Waals surface area (Å²) >= 11 is 8.09. The van der Waals surface area contributed by atoms with Crippen LogP contribution in [0, 0.1) is 0 Å². The van der Waals surface area contributed by atoms with Crippen LogP contribution in [0.2, 0.25) is 5.02 Å². The highest BCUT2D eigenvalue weighted by atomic mass is 35.5. The molecule has 0 amide bonds. The Balaban J connectivity index is 1.78. The van der Waals surface area contributed by atoms with Gasteiger partial charge in [-0.25, -0.2) is 4.98 Å². The van der Waals surface area contributed by atoms with Crippen LogP contribution in [0.3, 0.4) is 0 Å². The Kier molecular flexibility index (Phi) is 4.64. The highest BCUT2D eigenvalue weighted by Crippen LogP contribution is 2.45.